The molecule has 0 aromatic heterocycles. The molecule has 0 spiro atoms. The minimum Gasteiger partial charge on any atom is -0.452 e. The van der Waals surface area contributed by atoms with E-state index in [9.17, 15) is 19.2 Å². The molecule has 1 aliphatic heterocycles. The number of hydrogen-bond donors (Lipinski definition) is 1. The molecule has 2 aromatic rings. The number of ether oxygens (including phenoxy) is 1. The SMILES string of the molecule is CC(C)CCN1C(=O)c2ccc(C(=O)OCC(=O)Nc3ccc(C(C)(C)C)cc3)cc2C1=O. The summed E-state index contributed by atoms with van der Waals surface area (Å²) in [6.45, 7) is 10.2. The highest BCUT2D eigenvalue weighted by Gasteiger charge is 2.35. The van der Waals surface area contributed by atoms with Gasteiger partial charge in [-0.25, -0.2) is 4.79 Å². The molecule has 174 valence electrons. The zero-order valence-electron chi connectivity index (χ0n) is 19.7. The molecular formula is C26H30N2O5. The molecule has 33 heavy (non-hydrogen) atoms. The zero-order chi connectivity index (χ0) is 24.3. The fourth-order valence-electron chi connectivity index (χ4n) is 3.47. The van der Waals surface area contributed by atoms with E-state index in [-0.39, 0.29) is 28.0 Å². The summed E-state index contributed by atoms with van der Waals surface area (Å²) in [6, 6.07) is 11.7. The average molecular weight is 451 g/mol. The maximum absolute atomic E-state index is 12.6. The molecule has 1 aliphatic rings. The number of hydrogen-bond acceptors (Lipinski definition) is 5. The lowest BCUT2D eigenvalue weighted by Gasteiger charge is -2.19. The zero-order valence-corrected chi connectivity index (χ0v) is 19.7. The molecule has 0 saturated heterocycles. The number of benzene rings is 2. The van der Waals surface area contributed by atoms with Gasteiger partial charge in [-0.2, -0.15) is 0 Å². The third-order valence-electron chi connectivity index (χ3n) is 5.51. The van der Waals surface area contributed by atoms with Crippen LogP contribution in [0.15, 0.2) is 42.5 Å². The number of esters is 1. The van der Waals surface area contributed by atoms with Crippen molar-refractivity contribution in [3.05, 3.63) is 64.7 Å². The molecule has 0 unspecified atom stereocenters. The Hall–Kier alpha value is -3.48. The van der Waals surface area contributed by atoms with E-state index < -0.39 is 24.4 Å². The summed E-state index contributed by atoms with van der Waals surface area (Å²) < 4.78 is 5.11. The van der Waals surface area contributed by atoms with Crippen LogP contribution in [0.5, 0.6) is 0 Å². The van der Waals surface area contributed by atoms with Gasteiger partial charge in [-0.1, -0.05) is 46.8 Å². The molecule has 0 radical (unpaired) electrons. The van der Waals surface area contributed by atoms with Gasteiger partial charge in [0.15, 0.2) is 6.61 Å². The van der Waals surface area contributed by atoms with Gasteiger partial charge in [0.05, 0.1) is 16.7 Å². The number of carbonyl (C=O) groups excluding carboxylic acids is 4. The predicted molar refractivity (Wildman–Crippen MR) is 125 cm³/mol. The van der Waals surface area contributed by atoms with Gasteiger partial charge in [-0.15, -0.1) is 0 Å². The number of anilines is 1. The Morgan fingerprint density at radius 2 is 1.61 bits per heavy atom. The van der Waals surface area contributed by atoms with Gasteiger partial charge < -0.3 is 10.1 Å². The molecule has 0 fully saturated rings. The third-order valence-corrected chi connectivity index (χ3v) is 5.51. The second-order valence-corrected chi connectivity index (χ2v) is 9.66. The lowest BCUT2D eigenvalue weighted by molar-refractivity contribution is -0.119. The first kappa shape index (κ1) is 24.2. The first-order valence-electron chi connectivity index (χ1n) is 11.0. The van der Waals surface area contributed by atoms with Crippen LogP contribution >= 0.6 is 0 Å². The van der Waals surface area contributed by atoms with Crippen molar-refractivity contribution in [1.29, 1.82) is 0 Å². The number of carbonyl (C=O) groups is 4. The Morgan fingerprint density at radius 3 is 2.21 bits per heavy atom. The molecule has 0 atom stereocenters. The minimum atomic E-state index is -0.739. The van der Waals surface area contributed by atoms with Crippen LogP contribution in [-0.2, 0) is 14.9 Å². The van der Waals surface area contributed by atoms with Crippen molar-refractivity contribution in [3.63, 3.8) is 0 Å². The van der Waals surface area contributed by atoms with Gasteiger partial charge in [0.1, 0.15) is 0 Å². The normalized spacial score (nSPS) is 13.3. The van der Waals surface area contributed by atoms with Crippen LogP contribution in [0.4, 0.5) is 5.69 Å². The van der Waals surface area contributed by atoms with Gasteiger partial charge in [-0.05, 0) is 53.6 Å². The summed E-state index contributed by atoms with van der Waals surface area (Å²) in [6.07, 6.45) is 0.703. The second kappa shape index (κ2) is 9.57. The minimum absolute atomic E-state index is 0.00534. The van der Waals surface area contributed by atoms with Crippen molar-refractivity contribution in [1.82, 2.24) is 4.90 Å². The van der Waals surface area contributed by atoms with Crippen LogP contribution in [0.25, 0.3) is 0 Å². The van der Waals surface area contributed by atoms with E-state index in [1.807, 2.05) is 26.0 Å². The molecule has 7 nitrogen and oxygen atoms in total. The molecule has 1 heterocycles. The summed E-state index contributed by atoms with van der Waals surface area (Å²) in [7, 11) is 0. The molecule has 0 saturated carbocycles. The van der Waals surface area contributed by atoms with Crippen LogP contribution < -0.4 is 5.32 Å². The fourth-order valence-corrected chi connectivity index (χ4v) is 3.47. The first-order valence-corrected chi connectivity index (χ1v) is 11.0. The van der Waals surface area contributed by atoms with Crippen molar-refractivity contribution < 1.29 is 23.9 Å². The highest BCUT2D eigenvalue weighted by Crippen LogP contribution is 2.25. The Balaban J connectivity index is 1.59. The smallest absolute Gasteiger partial charge is 0.338 e. The van der Waals surface area contributed by atoms with Crippen molar-refractivity contribution in [2.45, 2.75) is 46.5 Å². The van der Waals surface area contributed by atoms with E-state index in [2.05, 4.69) is 26.1 Å². The summed E-state index contributed by atoms with van der Waals surface area (Å²) in [4.78, 5) is 51.0. The summed E-state index contributed by atoms with van der Waals surface area (Å²) in [5.74, 6) is -1.63. The lowest BCUT2D eigenvalue weighted by atomic mass is 9.87. The van der Waals surface area contributed by atoms with E-state index >= 15 is 0 Å². The number of rotatable bonds is 7. The molecule has 7 heteroatoms. The molecule has 1 N–H and O–H groups in total. The maximum atomic E-state index is 12.6. The first-order chi connectivity index (χ1) is 15.5. The van der Waals surface area contributed by atoms with Crippen LogP contribution in [0, 0.1) is 5.92 Å². The van der Waals surface area contributed by atoms with Crippen molar-refractivity contribution in [2.75, 3.05) is 18.5 Å². The van der Waals surface area contributed by atoms with Crippen LogP contribution in [-0.4, -0.2) is 41.7 Å². The molecule has 3 amide bonds. The van der Waals surface area contributed by atoms with Gasteiger partial charge in [0, 0.05) is 12.2 Å². The second-order valence-electron chi connectivity index (χ2n) is 9.66. The topological polar surface area (TPSA) is 92.8 Å². The largest absolute Gasteiger partial charge is 0.452 e. The van der Waals surface area contributed by atoms with Crippen LogP contribution in [0.3, 0.4) is 0 Å². The van der Waals surface area contributed by atoms with Gasteiger partial charge in [0.25, 0.3) is 17.7 Å². The monoisotopic (exact) mass is 450 g/mol. The Morgan fingerprint density at radius 1 is 0.970 bits per heavy atom. The number of fused-ring (bicyclic) bond motifs is 1. The van der Waals surface area contributed by atoms with E-state index in [1.54, 1.807) is 12.1 Å². The number of nitrogens with zero attached hydrogens (tertiary/aromatic N) is 1. The number of imide groups is 1. The Bertz CT molecular complexity index is 1080. The maximum Gasteiger partial charge on any atom is 0.338 e. The quantitative estimate of drug-likeness (QED) is 0.498. The van der Waals surface area contributed by atoms with Crippen LogP contribution in [0.1, 0.15) is 77.7 Å². The predicted octanol–water partition coefficient (Wildman–Crippen LogP) is 4.42. The Labute approximate surface area is 194 Å². The van der Waals surface area contributed by atoms with Gasteiger partial charge in [0.2, 0.25) is 0 Å². The lowest BCUT2D eigenvalue weighted by Crippen LogP contribution is -2.31. The van der Waals surface area contributed by atoms with Crippen molar-refractivity contribution >= 4 is 29.4 Å². The van der Waals surface area contributed by atoms with E-state index in [4.69, 9.17) is 4.74 Å². The highest BCUT2D eigenvalue weighted by atomic mass is 16.5. The van der Waals surface area contributed by atoms with Gasteiger partial charge in [-0.3, -0.25) is 19.3 Å². The number of nitrogens with one attached hydrogen (secondary N) is 1. The fraction of sp³-hybridized carbons (Fsp3) is 0.385. The molecular weight excluding hydrogens is 420 g/mol. The summed E-state index contributed by atoms with van der Waals surface area (Å²) in [5, 5.41) is 2.69. The summed E-state index contributed by atoms with van der Waals surface area (Å²) in [5.41, 5.74) is 2.32. The van der Waals surface area contributed by atoms with E-state index in [0.717, 1.165) is 5.56 Å². The Kier molecular flexibility index (Phi) is 7.01. The molecule has 0 bridgehead atoms. The van der Waals surface area contributed by atoms with E-state index in [1.165, 1.54) is 23.1 Å². The van der Waals surface area contributed by atoms with Crippen molar-refractivity contribution in [3.8, 4) is 0 Å². The average Bonchev–Trinajstić information content (AvgIpc) is 2.99. The summed E-state index contributed by atoms with van der Waals surface area (Å²) >= 11 is 0. The van der Waals surface area contributed by atoms with Gasteiger partial charge >= 0.3 is 5.97 Å². The molecule has 2 aromatic carbocycles. The van der Waals surface area contributed by atoms with Crippen LogP contribution in [0.2, 0.25) is 0 Å². The van der Waals surface area contributed by atoms with Crippen molar-refractivity contribution in [2.24, 2.45) is 5.92 Å². The molecule has 0 aliphatic carbocycles. The highest BCUT2D eigenvalue weighted by molar-refractivity contribution is 6.22. The molecule has 3 rings (SSSR count). The number of amides is 3. The third kappa shape index (κ3) is 5.66. The van der Waals surface area contributed by atoms with E-state index in [0.29, 0.717) is 24.6 Å². The standard InChI is InChI=1S/C26H30N2O5/c1-16(2)12-13-28-23(30)20-11-6-17(14-21(20)24(28)31)25(32)33-15-22(29)27-19-9-7-18(8-10-19)26(3,4)5/h6-11,14,16H,12-13,15H2,1-5H3,(H,27,29).